The smallest absolute Gasteiger partial charge is 0.232 e. The molecule has 0 saturated heterocycles. The lowest BCUT2D eigenvalue weighted by Gasteiger charge is -1.96. The van der Waals surface area contributed by atoms with Crippen molar-refractivity contribution in [2.75, 3.05) is 5.73 Å². The van der Waals surface area contributed by atoms with E-state index in [1.54, 1.807) is 0 Å². The molecule has 3 rings (SSSR count). The van der Waals surface area contributed by atoms with Gasteiger partial charge in [-0.15, -0.1) is 11.3 Å². The van der Waals surface area contributed by atoms with Crippen LogP contribution in [0.3, 0.4) is 0 Å². The van der Waals surface area contributed by atoms with Crippen LogP contribution in [0.4, 0.5) is 5.13 Å². The predicted molar refractivity (Wildman–Crippen MR) is 80.6 cm³/mol. The van der Waals surface area contributed by atoms with Crippen molar-refractivity contribution in [1.29, 1.82) is 0 Å². The number of hydrogen-bond donors (Lipinski definition) is 1. The average Bonchev–Trinajstić information content (AvgIpc) is 3.00. The van der Waals surface area contributed by atoms with Gasteiger partial charge in [0.2, 0.25) is 5.89 Å². The van der Waals surface area contributed by atoms with Crippen molar-refractivity contribution in [1.82, 2.24) is 15.1 Å². The summed E-state index contributed by atoms with van der Waals surface area (Å²) < 4.78 is 6.27. The SMILES string of the molecule is Nc1nc(Cc2nc(Cc3cccc(Br)c3)no2)cs1. The molecule has 0 atom stereocenters. The molecule has 0 amide bonds. The third-order valence-electron chi connectivity index (χ3n) is 2.66. The van der Waals surface area contributed by atoms with Gasteiger partial charge in [-0.25, -0.2) is 4.98 Å². The molecule has 102 valence electrons. The molecule has 5 nitrogen and oxygen atoms in total. The van der Waals surface area contributed by atoms with Crippen LogP contribution in [0.25, 0.3) is 0 Å². The summed E-state index contributed by atoms with van der Waals surface area (Å²) in [4.78, 5) is 8.54. The van der Waals surface area contributed by atoms with Crippen LogP contribution in [0.2, 0.25) is 0 Å². The Hall–Kier alpha value is -1.73. The monoisotopic (exact) mass is 350 g/mol. The number of nitrogens with two attached hydrogens (primary N) is 1. The fraction of sp³-hybridized carbons (Fsp3) is 0.154. The number of halogens is 1. The van der Waals surface area contributed by atoms with Crippen LogP contribution in [0, 0.1) is 0 Å². The first-order chi connectivity index (χ1) is 9.69. The predicted octanol–water partition coefficient (Wildman–Crippen LogP) is 3.05. The quantitative estimate of drug-likeness (QED) is 0.782. The van der Waals surface area contributed by atoms with E-state index in [4.69, 9.17) is 10.3 Å². The van der Waals surface area contributed by atoms with Crippen LogP contribution in [0.15, 0.2) is 38.6 Å². The van der Waals surface area contributed by atoms with E-state index < -0.39 is 0 Å². The Kier molecular flexibility index (Phi) is 3.79. The first kappa shape index (κ1) is 13.3. The summed E-state index contributed by atoms with van der Waals surface area (Å²) in [5, 5.41) is 6.43. The molecule has 0 radical (unpaired) electrons. The van der Waals surface area contributed by atoms with E-state index >= 15 is 0 Å². The van der Waals surface area contributed by atoms with Crippen molar-refractivity contribution >= 4 is 32.4 Å². The Morgan fingerprint density at radius 3 is 2.90 bits per heavy atom. The van der Waals surface area contributed by atoms with Gasteiger partial charge in [-0.05, 0) is 17.7 Å². The zero-order valence-electron chi connectivity index (χ0n) is 10.4. The molecule has 0 aliphatic heterocycles. The van der Waals surface area contributed by atoms with Crippen LogP contribution in [0.5, 0.6) is 0 Å². The highest BCUT2D eigenvalue weighted by Crippen LogP contribution is 2.16. The highest BCUT2D eigenvalue weighted by atomic mass is 79.9. The summed E-state index contributed by atoms with van der Waals surface area (Å²) in [6.45, 7) is 0. The summed E-state index contributed by atoms with van der Waals surface area (Å²) in [5.41, 5.74) is 7.57. The maximum atomic E-state index is 5.59. The Balaban J connectivity index is 1.70. The number of anilines is 1. The van der Waals surface area contributed by atoms with E-state index in [9.17, 15) is 0 Å². The van der Waals surface area contributed by atoms with Crippen molar-refractivity contribution in [2.45, 2.75) is 12.8 Å². The molecular weight excluding hydrogens is 340 g/mol. The van der Waals surface area contributed by atoms with Crippen LogP contribution < -0.4 is 5.73 Å². The Bertz CT molecular complexity index is 724. The number of nitrogens with zero attached hydrogens (tertiary/aromatic N) is 3. The summed E-state index contributed by atoms with van der Waals surface area (Å²) in [6.07, 6.45) is 1.15. The summed E-state index contributed by atoms with van der Waals surface area (Å²) in [5.74, 6) is 1.22. The normalized spacial score (nSPS) is 10.8. The largest absolute Gasteiger partial charge is 0.375 e. The summed E-state index contributed by atoms with van der Waals surface area (Å²) >= 11 is 4.85. The second kappa shape index (κ2) is 5.72. The van der Waals surface area contributed by atoms with E-state index in [0.717, 1.165) is 15.7 Å². The maximum absolute atomic E-state index is 5.59. The zero-order chi connectivity index (χ0) is 13.9. The number of thiazole rings is 1. The molecule has 2 aromatic heterocycles. The van der Waals surface area contributed by atoms with Gasteiger partial charge in [0.25, 0.3) is 0 Å². The molecule has 20 heavy (non-hydrogen) atoms. The van der Waals surface area contributed by atoms with Gasteiger partial charge in [0.15, 0.2) is 11.0 Å². The van der Waals surface area contributed by atoms with Crippen LogP contribution in [-0.2, 0) is 12.8 Å². The molecule has 0 saturated carbocycles. The molecule has 0 spiro atoms. The molecule has 0 fully saturated rings. The third-order valence-corrected chi connectivity index (χ3v) is 3.88. The zero-order valence-corrected chi connectivity index (χ0v) is 12.8. The molecule has 2 heterocycles. The molecule has 2 N–H and O–H groups in total. The molecule has 3 aromatic rings. The lowest BCUT2D eigenvalue weighted by atomic mass is 10.1. The van der Waals surface area contributed by atoms with Gasteiger partial charge in [0.05, 0.1) is 12.1 Å². The van der Waals surface area contributed by atoms with Crippen LogP contribution >= 0.6 is 27.3 Å². The minimum absolute atomic E-state index is 0.513. The van der Waals surface area contributed by atoms with Crippen molar-refractivity contribution < 1.29 is 4.52 Å². The van der Waals surface area contributed by atoms with E-state index in [0.29, 0.717) is 29.7 Å². The molecule has 0 aliphatic carbocycles. The standard InChI is InChI=1S/C13H11BrN4OS/c14-9-3-1-2-8(4-9)5-11-17-12(19-18-11)6-10-7-20-13(15)16-10/h1-4,7H,5-6H2,(H2,15,16). The van der Waals surface area contributed by atoms with Crippen molar-refractivity contribution in [3.05, 3.63) is 57.1 Å². The first-order valence-electron chi connectivity index (χ1n) is 5.95. The highest BCUT2D eigenvalue weighted by Gasteiger charge is 2.10. The highest BCUT2D eigenvalue weighted by molar-refractivity contribution is 9.10. The fourth-order valence-electron chi connectivity index (χ4n) is 1.82. The number of nitrogen functional groups attached to an aromatic ring is 1. The molecule has 0 unspecified atom stereocenters. The Morgan fingerprint density at radius 1 is 1.25 bits per heavy atom. The van der Waals surface area contributed by atoms with Gasteiger partial charge in [0.1, 0.15) is 0 Å². The lowest BCUT2D eigenvalue weighted by Crippen LogP contribution is -1.93. The minimum atomic E-state index is 0.513. The molecule has 0 bridgehead atoms. The second-order valence-electron chi connectivity index (χ2n) is 4.26. The number of benzene rings is 1. The molecule has 0 aliphatic rings. The first-order valence-corrected chi connectivity index (χ1v) is 7.62. The van der Waals surface area contributed by atoms with E-state index in [1.165, 1.54) is 11.3 Å². The molecule has 7 heteroatoms. The number of aromatic nitrogens is 3. The summed E-state index contributed by atoms with van der Waals surface area (Å²) in [6, 6.07) is 8.04. The van der Waals surface area contributed by atoms with Crippen LogP contribution in [0.1, 0.15) is 23.0 Å². The maximum Gasteiger partial charge on any atom is 0.232 e. The van der Waals surface area contributed by atoms with Crippen molar-refractivity contribution in [3.8, 4) is 0 Å². The average molecular weight is 351 g/mol. The van der Waals surface area contributed by atoms with Gasteiger partial charge in [-0.3, -0.25) is 0 Å². The third kappa shape index (κ3) is 3.23. The Labute approximate surface area is 128 Å². The van der Waals surface area contributed by atoms with Gasteiger partial charge in [-0.2, -0.15) is 4.98 Å². The fourth-order valence-corrected chi connectivity index (χ4v) is 2.83. The number of hydrogen-bond acceptors (Lipinski definition) is 6. The van der Waals surface area contributed by atoms with Gasteiger partial charge >= 0.3 is 0 Å². The van der Waals surface area contributed by atoms with Crippen molar-refractivity contribution in [3.63, 3.8) is 0 Å². The van der Waals surface area contributed by atoms with Crippen molar-refractivity contribution in [2.24, 2.45) is 0 Å². The van der Waals surface area contributed by atoms with E-state index in [2.05, 4.69) is 31.1 Å². The van der Waals surface area contributed by atoms with Gasteiger partial charge in [-0.1, -0.05) is 33.2 Å². The molecule has 1 aromatic carbocycles. The topological polar surface area (TPSA) is 77.8 Å². The van der Waals surface area contributed by atoms with E-state index in [-0.39, 0.29) is 0 Å². The second-order valence-corrected chi connectivity index (χ2v) is 6.07. The minimum Gasteiger partial charge on any atom is -0.375 e. The van der Waals surface area contributed by atoms with Gasteiger partial charge < -0.3 is 10.3 Å². The lowest BCUT2D eigenvalue weighted by molar-refractivity contribution is 0.379. The van der Waals surface area contributed by atoms with Gasteiger partial charge in [0, 0.05) is 16.3 Å². The summed E-state index contributed by atoms with van der Waals surface area (Å²) in [7, 11) is 0. The number of rotatable bonds is 4. The van der Waals surface area contributed by atoms with Crippen LogP contribution in [-0.4, -0.2) is 15.1 Å². The Morgan fingerprint density at radius 2 is 2.15 bits per heavy atom. The molecular formula is C13H11BrN4OS. The van der Waals surface area contributed by atoms with E-state index in [1.807, 2.05) is 29.6 Å².